The van der Waals surface area contributed by atoms with Crippen LogP contribution in [0.1, 0.15) is 20.7 Å². The van der Waals surface area contributed by atoms with E-state index in [4.69, 9.17) is 5.73 Å². The van der Waals surface area contributed by atoms with E-state index < -0.39 is 5.91 Å². The smallest absolute Gasteiger partial charge is 0.255 e. The number of halogens is 2. The first-order chi connectivity index (χ1) is 9.45. The van der Waals surface area contributed by atoms with Crippen LogP contribution in [0.5, 0.6) is 0 Å². The van der Waals surface area contributed by atoms with E-state index in [-0.39, 0.29) is 5.91 Å². The fourth-order valence-corrected chi connectivity index (χ4v) is 2.90. The standard InChI is InChI=1S/C14H10Br2N2O2/c15-10-5-9(6-11(16)7-10)14(20)18-12-3-1-8(2-4-12)13(17)19/h1-7H,(H2,17,19)(H,18,20). The molecule has 0 atom stereocenters. The van der Waals surface area contributed by atoms with E-state index in [0.717, 1.165) is 8.95 Å². The van der Waals surface area contributed by atoms with Gasteiger partial charge in [0.1, 0.15) is 0 Å². The van der Waals surface area contributed by atoms with Crippen molar-refractivity contribution >= 4 is 49.4 Å². The van der Waals surface area contributed by atoms with Crippen molar-refractivity contribution in [2.24, 2.45) is 5.73 Å². The number of carbonyl (C=O) groups excluding carboxylic acids is 2. The summed E-state index contributed by atoms with van der Waals surface area (Å²) in [4.78, 5) is 23.0. The normalized spacial score (nSPS) is 10.1. The first-order valence-corrected chi connectivity index (χ1v) is 7.21. The third kappa shape index (κ3) is 3.68. The lowest BCUT2D eigenvalue weighted by Crippen LogP contribution is -2.13. The molecule has 6 heteroatoms. The Morgan fingerprint density at radius 3 is 1.95 bits per heavy atom. The molecule has 3 N–H and O–H groups in total. The van der Waals surface area contributed by atoms with Crippen LogP contribution >= 0.6 is 31.9 Å². The Morgan fingerprint density at radius 2 is 1.45 bits per heavy atom. The highest BCUT2D eigenvalue weighted by Gasteiger charge is 2.08. The predicted molar refractivity (Wildman–Crippen MR) is 84.8 cm³/mol. The van der Waals surface area contributed by atoms with Crippen LogP contribution in [0.25, 0.3) is 0 Å². The zero-order valence-electron chi connectivity index (χ0n) is 10.2. The van der Waals surface area contributed by atoms with E-state index in [9.17, 15) is 9.59 Å². The van der Waals surface area contributed by atoms with Crippen LogP contribution in [-0.2, 0) is 0 Å². The van der Waals surface area contributed by atoms with Crippen molar-refractivity contribution in [3.05, 3.63) is 62.5 Å². The molecule has 0 radical (unpaired) electrons. The van der Waals surface area contributed by atoms with E-state index in [1.54, 1.807) is 36.4 Å². The Balaban J connectivity index is 2.16. The molecule has 0 aliphatic carbocycles. The molecule has 0 saturated carbocycles. The van der Waals surface area contributed by atoms with Crippen molar-refractivity contribution < 1.29 is 9.59 Å². The Kier molecular flexibility index (Phi) is 4.57. The molecule has 0 fully saturated rings. The number of hydrogen-bond acceptors (Lipinski definition) is 2. The summed E-state index contributed by atoms with van der Waals surface area (Å²) in [6.07, 6.45) is 0. The van der Waals surface area contributed by atoms with Crippen molar-refractivity contribution in [1.82, 2.24) is 0 Å². The maximum absolute atomic E-state index is 12.1. The molecule has 102 valence electrons. The molecule has 4 nitrogen and oxygen atoms in total. The number of nitrogens with two attached hydrogens (primary N) is 1. The highest BCUT2D eigenvalue weighted by molar-refractivity contribution is 9.11. The Bertz CT molecular complexity index is 649. The lowest BCUT2D eigenvalue weighted by Gasteiger charge is -2.07. The average Bonchev–Trinajstić information content (AvgIpc) is 2.38. The van der Waals surface area contributed by atoms with Crippen LogP contribution in [0.3, 0.4) is 0 Å². The molecule has 20 heavy (non-hydrogen) atoms. The molecule has 2 rings (SSSR count). The predicted octanol–water partition coefficient (Wildman–Crippen LogP) is 3.56. The molecule has 0 saturated heterocycles. The number of hydrogen-bond donors (Lipinski definition) is 2. The van der Waals surface area contributed by atoms with Crippen LogP contribution in [0.2, 0.25) is 0 Å². The van der Waals surface area contributed by atoms with Gasteiger partial charge in [0, 0.05) is 25.8 Å². The maximum atomic E-state index is 12.1. The zero-order chi connectivity index (χ0) is 14.7. The van der Waals surface area contributed by atoms with Crippen LogP contribution in [0.4, 0.5) is 5.69 Å². The van der Waals surface area contributed by atoms with Crippen molar-refractivity contribution in [3.8, 4) is 0 Å². The second-order valence-electron chi connectivity index (χ2n) is 4.05. The molecule has 0 unspecified atom stereocenters. The van der Waals surface area contributed by atoms with E-state index >= 15 is 0 Å². The van der Waals surface area contributed by atoms with Crippen molar-refractivity contribution in [2.75, 3.05) is 5.32 Å². The van der Waals surface area contributed by atoms with E-state index in [1.807, 2.05) is 6.07 Å². The lowest BCUT2D eigenvalue weighted by atomic mass is 10.2. The van der Waals surface area contributed by atoms with Gasteiger partial charge < -0.3 is 11.1 Å². The highest BCUT2D eigenvalue weighted by atomic mass is 79.9. The van der Waals surface area contributed by atoms with Gasteiger partial charge in [0.15, 0.2) is 0 Å². The van der Waals surface area contributed by atoms with Crippen LogP contribution in [-0.4, -0.2) is 11.8 Å². The number of anilines is 1. The Labute approximate surface area is 132 Å². The molecular weight excluding hydrogens is 388 g/mol. The second kappa shape index (κ2) is 6.19. The topological polar surface area (TPSA) is 72.2 Å². The van der Waals surface area contributed by atoms with Gasteiger partial charge in [-0.1, -0.05) is 31.9 Å². The number of amides is 2. The number of primary amides is 1. The van der Waals surface area contributed by atoms with Gasteiger partial charge in [-0.05, 0) is 42.5 Å². The quantitative estimate of drug-likeness (QED) is 0.830. The monoisotopic (exact) mass is 396 g/mol. The van der Waals surface area contributed by atoms with Gasteiger partial charge in [0.05, 0.1) is 0 Å². The molecule has 0 aliphatic heterocycles. The minimum absolute atomic E-state index is 0.237. The third-order valence-electron chi connectivity index (χ3n) is 2.55. The minimum atomic E-state index is -0.501. The molecule has 2 amide bonds. The molecule has 0 spiro atoms. The van der Waals surface area contributed by atoms with Crippen molar-refractivity contribution in [2.45, 2.75) is 0 Å². The first kappa shape index (κ1) is 14.7. The Morgan fingerprint density at radius 1 is 0.900 bits per heavy atom. The molecule has 0 heterocycles. The van der Waals surface area contributed by atoms with E-state index in [2.05, 4.69) is 37.2 Å². The van der Waals surface area contributed by atoms with Gasteiger partial charge in [0.2, 0.25) is 5.91 Å². The molecule has 2 aromatic rings. The summed E-state index contributed by atoms with van der Waals surface area (Å²) in [6.45, 7) is 0. The zero-order valence-corrected chi connectivity index (χ0v) is 13.4. The van der Waals surface area contributed by atoms with Gasteiger partial charge in [-0.15, -0.1) is 0 Å². The largest absolute Gasteiger partial charge is 0.366 e. The summed E-state index contributed by atoms with van der Waals surface area (Å²) in [6, 6.07) is 11.7. The van der Waals surface area contributed by atoms with Gasteiger partial charge in [-0.2, -0.15) is 0 Å². The summed E-state index contributed by atoms with van der Waals surface area (Å²) in [5.41, 5.74) is 6.66. The SMILES string of the molecule is NC(=O)c1ccc(NC(=O)c2cc(Br)cc(Br)c2)cc1. The fraction of sp³-hybridized carbons (Fsp3) is 0. The summed E-state index contributed by atoms with van der Waals surface area (Å²) in [7, 11) is 0. The van der Waals surface area contributed by atoms with Gasteiger partial charge in [0.25, 0.3) is 5.91 Å². The number of nitrogens with one attached hydrogen (secondary N) is 1. The van der Waals surface area contributed by atoms with Crippen molar-refractivity contribution in [3.63, 3.8) is 0 Å². The molecule has 2 aromatic carbocycles. The van der Waals surface area contributed by atoms with Crippen LogP contribution in [0.15, 0.2) is 51.4 Å². The molecule has 0 aliphatic rings. The molecular formula is C14H10Br2N2O2. The van der Waals surface area contributed by atoms with Crippen LogP contribution < -0.4 is 11.1 Å². The second-order valence-corrected chi connectivity index (χ2v) is 5.89. The summed E-state index contributed by atoms with van der Waals surface area (Å²) in [5.74, 6) is -0.738. The van der Waals surface area contributed by atoms with E-state index in [1.165, 1.54) is 0 Å². The maximum Gasteiger partial charge on any atom is 0.255 e. The number of rotatable bonds is 3. The van der Waals surface area contributed by atoms with Crippen LogP contribution in [0, 0.1) is 0 Å². The fourth-order valence-electron chi connectivity index (χ4n) is 1.61. The first-order valence-electron chi connectivity index (χ1n) is 5.63. The lowest BCUT2D eigenvalue weighted by molar-refractivity contribution is 0.0998. The van der Waals surface area contributed by atoms with E-state index in [0.29, 0.717) is 16.8 Å². The average molecular weight is 398 g/mol. The third-order valence-corrected chi connectivity index (χ3v) is 3.47. The highest BCUT2D eigenvalue weighted by Crippen LogP contribution is 2.21. The molecule has 0 bridgehead atoms. The van der Waals surface area contributed by atoms with Gasteiger partial charge in [-0.3, -0.25) is 9.59 Å². The number of benzene rings is 2. The summed E-state index contributed by atoms with van der Waals surface area (Å²) >= 11 is 6.66. The summed E-state index contributed by atoms with van der Waals surface area (Å²) < 4.78 is 1.61. The Hall–Kier alpha value is -1.66. The number of carbonyl (C=O) groups is 2. The summed E-state index contributed by atoms with van der Waals surface area (Å²) in [5, 5.41) is 2.75. The molecule has 0 aromatic heterocycles. The minimum Gasteiger partial charge on any atom is -0.366 e. The van der Waals surface area contributed by atoms with Gasteiger partial charge >= 0.3 is 0 Å². The van der Waals surface area contributed by atoms with Crippen molar-refractivity contribution in [1.29, 1.82) is 0 Å². The van der Waals surface area contributed by atoms with Gasteiger partial charge in [-0.25, -0.2) is 0 Å².